The largest absolute Gasteiger partial charge is 0.493 e. The SMILES string of the molecule is COC(=O)C1=CCC23CCC(C(C)(C=CC=C(C)C(=O)OCCCOc4cccc5c4C(=O)N(C4CCC(=O)NC4=O)C5=O)OC2=O)C3(OC(C)=O)CC1. The Morgan fingerprint density at radius 2 is 1.80 bits per heavy atom. The van der Waals surface area contributed by atoms with Crippen molar-refractivity contribution in [3.05, 3.63) is 64.8 Å². The van der Waals surface area contributed by atoms with Crippen molar-refractivity contribution in [3.63, 3.8) is 0 Å². The second-order valence-corrected chi connectivity index (χ2v) is 14.3. The quantitative estimate of drug-likeness (QED) is 0.0866. The second-order valence-electron chi connectivity index (χ2n) is 14.3. The molecule has 3 heterocycles. The first-order chi connectivity index (χ1) is 25.7. The third-order valence-electron chi connectivity index (χ3n) is 11.2. The highest BCUT2D eigenvalue weighted by molar-refractivity contribution is 6.24. The number of imide groups is 2. The van der Waals surface area contributed by atoms with E-state index in [1.165, 1.54) is 32.2 Å². The minimum absolute atomic E-state index is 0.00452. The van der Waals surface area contributed by atoms with Crippen molar-refractivity contribution in [1.29, 1.82) is 0 Å². The molecule has 1 N–H and O–H groups in total. The van der Waals surface area contributed by atoms with Crippen LogP contribution in [-0.4, -0.2) is 90.0 Å². The van der Waals surface area contributed by atoms with Gasteiger partial charge in [-0.3, -0.25) is 39.0 Å². The van der Waals surface area contributed by atoms with Gasteiger partial charge in [0, 0.05) is 36.8 Å². The average molecular weight is 747 g/mol. The van der Waals surface area contributed by atoms with Crippen LogP contribution >= 0.6 is 0 Å². The van der Waals surface area contributed by atoms with E-state index in [0.717, 1.165) is 4.90 Å². The monoisotopic (exact) mass is 746 g/mol. The molecule has 4 amide bonds. The van der Waals surface area contributed by atoms with Crippen molar-refractivity contribution in [2.75, 3.05) is 20.3 Å². The van der Waals surface area contributed by atoms with Gasteiger partial charge in [0.1, 0.15) is 28.4 Å². The molecule has 3 fully saturated rings. The van der Waals surface area contributed by atoms with E-state index < -0.39 is 76.1 Å². The molecule has 54 heavy (non-hydrogen) atoms. The Hall–Kier alpha value is -5.60. The van der Waals surface area contributed by atoms with Crippen LogP contribution in [0.3, 0.4) is 0 Å². The van der Waals surface area contributed by atoms with Gasteiger partial charge in [0.25, 0.3) is 11.8 Å². The molecule has 1 aromatic rings. The minimum atomic E-state index is -1.21. The smallest absolute Gasteiger partial charge is 0.333 e. The molecule has 2 bridgehead atoms. The van der Waals surface area contributed by atoms with Crippen molar-refractivity contribution in [2.45, 2.75) is 89.4 Å². The molecular weight excluding hydrogens is 704 g/mol. The van der Waals surface area contributed by atoms with Gasteiger partial charge >= 0.3 is 23.9 Å². The standard InChI is InChI=1S/C39H42N2O13/c1-22(8-6-16-37(3)28-15-18-38(36(49)54-37)17-13-24(35(48)50-4)14-19-39(28,38)53-23(2)42)34(47)52-21-7-20-51-27-10-5-9-25-30(27)33(46)41(32(25)45)26-11-12-29(43)40-31(26)44/h5-6,8-10,13,16,26,28H,7,11-12,14-15,17-21H2,1-4H3,(H,40,43,44). The van der Waals surface area contributed by atoms with Crippen LogP contribution in [0.1, 0.15) is 92.9 Å². The molecule has 15 nitrogen and oxygen atoms in total. The highest BCUT2D eigenvalue weighted by Gasteiger charge is 2.74. The number of hydrogen-bond donors (Lipinski definition) is 1. The lowest BCUT2D eigenvalue weighted by molar-refractivity contribution is -0.235. The number of amides is 4. The first-order valence-electron chi connectivity index (χ1n) is 17.9. The van der Waals surface area contributed by atoms with Crippen molar-refractivity contribution in [2.24, 2.45) is 11.3 Å². The number of carbonyl (C=O) groups is 8. The van der Waals surface area contributed by atoms with Crippen LogP contribution in [0.4, 0.5) is 0 Å². The summed E-state index contributed by atoms with van der Waals surface area (Å²) in [6.45, 7) is 4.62. The number of carbonyl (C=O) groups excluding carboxylic acids is 8. The number of piperidine rings is 1. The Morgan fingerprint density at radius 1 is 1.02 bits per heavy atom. The predicted octanol–water partition coefficient (Wildman–Crippen LogP) is 3.20. The number of ether oxygens (including phenoxy) is 5. The number of fused-ring (bicyclic) bond motifs is 1. The molecule has 0 spiro atoms. The van der Waals surface area contributed by atoms with Crippen LogP contribution in [0.15, 0.2) is 53.6 Å². The van der Waals surface area contributed by atoms with Gasteiger partial charge in [-0.1, -0.05) is 24.3 Å². The second kappa shape index (κ2) is 14.7. The molecule has 0 radical (unpaired) electrons. The first kappa shape index (κ1) is 38.1. The number of allylic oxidation sites excluding steroid dienone is 3. The van der Waals surface area contributed by atoms with Gasteiger partial charge in [-0.05, 0) is 70.6 Å². The van der Waals surface area contributed by atoms with E-state index in [1.54, 1.807) is 38.1 Å². The lowest BCUT2D eigenvalue weighted by Crippen LogP contribution is -2.65. The number of cyclic esters (lactones) is 1. The maximum Gasteiger partial charge on any atom is 0.333 e. The van der Waals surface area contributed by atoms with Gasteiger partial charge < -0.3 is 23.7 Å². The molecular formula is C39H42N2O13. The van der Waals surface area contributed by atoms with Crippen molar-refractivity contribution >= 4 is 47.5 Å². The number of nitrogens with one attached hydrogen (secondary N) is 1. The summed E-state index contributed by atoms with van der Waals surface area (Å²) in [6, 6.07) is 3.45. The third-order valence-corrected chi connectivity index (χ3v) is 11.2. The van der Waals surface area contributed by atoms with E-state index in [4.69, 9.17) is 23.7 Å². The molecule has 0 aromatic heterocycles. The average Bonchev–Trinajstić information content (AvgIpc) is 3.46. The zero-order valence-corrected chi connectivity index (χ0v) is 30.5. The lowest BCUT2D eigenvalue weighted by atomic mass is 9.62. The highest BCUT2D eigenvalue weighted by Crippen LogP contribution is 2.65. The number of esters is 4. The number of hydrogen-bond acceptors (Lipinski definition) is 13. The highest BCUT2D eigenvalue weighted by atomic mass is 16.6. The molecule has 6 rings (SSSR count). The van der Waals surface area contributed by atoms with E-state index in [0.29, 0.717) is 18.4 Å². The summed E-state index contributed by atoms with van der Waals surface area (Å²) in [5.74, 6) is -4.94. The molecule has 15 heteroatoms. The molecule has 2 aliphatic carbocycles. The summed E-state index contributed by atoms with van der Waals surface area (Å²) in [6.07, 6.45) is 8.39. The van der Waals surface area contributed by atoms with Crippen LogP contribution in [-0.2, 0) is 47.7 Å². The molecule has 5 atom stereocenters. The fourth-order valence-corrected chi connectivity index (χ4v) is 8.57. The van der Waals surface area contributed by atoms with E-state index in [9.17, 15) is 38.4 Å². The van der Waals surface area contributed by atoms with E-state index in [1.807, 2.05) is 0 Å². The zero-order chi connectivity index (χ0) is 39.0. The maximum atomic E-state index is 13.8. The van der Waals surface area contributed by atoms with Gasteiger partial charge in [0.2, 0.25) is 11.8 Å². The molecule has 3 aliphatic heterocycles. The summed E-state index contributed by atoms with van der Waals surface area (Å²) in [4.78, 5) is 103. The summed E-state index contributed by atoms with van der Waals surface area (Å²) in [5, 5.41) is 2.16. The fraction of sp³-hybridized carbons (Fsp3) is 0.487. The van der Waals surface area contributed by atoms with Gasteiger partial charge in [-0.25, -0.2) is 9.59 Å². The Labute approximate surface area is 311 Å². The molecule has 5 unspecified atom stereocenters. The van der Waals surface area contributed by atoms with Gasteiger partial charge in [-0.15, -0.1) is 0 Å². The minimum Gasteiger partial charge on any atom is -0.493 e. The van der Waals surface area contributed by atoms with Crippen LogP contribution < -0.4 is 10.1 Å². The van der Waals surface area contributed by atoms with E-state index in [-0.39, 0.29) is 74.2 Å². The molecule has 2 saturated heterocycles. The number of nitrogens with zero attached hydrogens (tertiary/aromatic N) is 1. The third kappa shape index (κ3) is 6.49. The van der Waals surface area contributed by atoms with Gasteiger partial charge in [0.05, 0.1) is 31.5 Å². The maximum absolute atomic E-state index is 13.8. The topological polar surface area (TPSA) is 198 Å². The predicted molar refractivity (Wildman–Crippen MR) is 185 cm³/mol. The van der Waals surface area contributed by atoms with Crippen molar-refractivity contribution in [3.8, 4) is 5.75 Å². The van der Waals surface area contributed by atoms with Gasteiger partial charge in [-0.2, -0.15) is 0 Å². The Bertz CT molecular complexity index is 1930. The van der Waals surface area contributed by atoms with Crippen molar-refractivity contribution < 1.29 is 62.0 Å². The summed E-state index contributed by atoms with van der Waals surface area (Å²) >= 11 is 0. The fourth-order valence-electron chi connectivity index (χ4n) is 8.57. The number of benzene rings is 1. The molecule has 286 valence electrons. The molecule has 1 aromatic carbocycles. The van der Waals surface area contributed by atoms with E-state index >= 15 is 0 Å². The summed E-state index contributed by atoms with van der Waals surface area (Å²) in [7, 11) is 1.29. The van der Waals surface area contributed by atoms with Crippen LogP contribution in [0.2, 0.25) is 0 Å². The lowest BCUT2D eigenvalue weighted by Gasteiger charge is -2.54. The van der Waals surface area contributed by atoms with Crippen LogP contribution in [0, 0.1) is 11.3 Å². The molecule has 1 saturated carbocycles. The Balaban J connectivity index is 1.05. The molecule has 5 aliphatic rings. The number of methoxy groups -OCH3 is 1. The Morgan fingerprint density at radius 3 is 2.52 bits per heavy atom. The normalized spacial score (nSPS) is 29.1. The van der Waals surface area contributed by atoms with Crippen LogP contribution in [0.25, 0.3) is 0 Å². The van der Waals surface area contributed by atoms with Gasteiger partial charge in [0.15, 0.2) is 0 Å². The summed E-state index contributed by atoms with van der Waals surface area (Å²) in [5.41, 5.74) is -2.76. The number of rotatable bonds is 11. The van der Waals surface area contributed by atoms with E-state index in [2.05, 4.69) is 5.32 Å². The van der Waals surface area contributed by atoms with Crippen LogP contribution in [0.5, 0.6) is 5.75 Å². The van der Waals surface area contributed by atoms with Crippen molar-refractivity contribution in [1.82, 2.24) is 10.2 Å². The summed E-state index contributed by atoms with van der Waals surface area (Å²) < 4.78 is 28.3. The Kier molecular flexibility index (Phi) is 10.4. The zero-order valence-electron chi connectivity index (χ0n) is 30.5. The first-order valence-corrected chi connectivity index (χ1v) is 17.9.